The van der Waals surface area contributed by atoms with Gasteiger partial charge in [0.25, 0.3) is 0 Å². The van der Waals surface area contributed by atoms with Gasteiger partial charge in [-0.1, -0.05) is 19.0 Å². The Balaban J connectivity index is 1.62. The van der Waals surface area contributed by atoms with Gasteiger partial charge in [0.05, 0.1) is 19.3 Å². The van der Waals surface area contributed by atoms with E-state index in [1.165, 1.54) is 0 Å². The zero-order valence-electron chi connectivity index (χ0n) is 12.9. The van der Waals surface area contributed by atoms with E-state index in [9.17, 15) is 5.11 Å². The summed E-state index contributed by atoms with van der Waals surface area (Å²) in [4.78, 5) is 6.87. The van der Waals surface area contributed by atoms with Crippen LogP contribution in [0, 0.1) is 11.8 Å². The molecule has 21 heavy (non-hydrogen) atoms. The van der Waals surface area contributed by atoms with Crippen LogP contribution in [0.25, 0.3) is 0 Å². The lowest BCUT2D eigenvalue weighted by molar-refractivity contribution is -0.0599. The van der Waals surface area contributed by atoms with E-state index in [-0.39, 0.29) is 12.7 Å². The Bertz CT molecular complexity index is 463. The molecule has 3 rings (SSSR count). The molecule has 2 heterocycles. The Morgan fingerprint density at radius 1 is 1.38 bits per heavy atom. The highest BCUT2D eigenvalue weighted by atomic mass is 16.5. The molecule has 3 atom stereocenters. The molecule has 118 valence electrons. The van der Waals surface area contributed by atoms with Gasteiger partial charge in [-0.2, -0.15) is 4.98 Å². The van der Waals surface area contributed by atoms with Crippen molar-refractivity contribution in [3.8, 4) is 0 Å². The molecule has 0 bridgehead atoms. The predicted octanol–water partition coefficient (Wildman–Crippen LogP) is 1.24. The van der Waals surface area contributed by atoms with Crippen LogP contribution in [-0.4, -0.2) is 52.1 Å². The van der Waals surface area contributed by atoms with E-state index in [0.717, 1.165) is 44.1 Å². The number of hydrogen-bond donors (Lipinski definition) is 1. The number of nitrogens with zero attached hydrogens (tertiary/aromatic N) is 3. The highest BCUT2D eigenvalue weighted by Crippen LogP contribution is 2.34. The van der Waals surface area contributed by atoms with Gasteiger partial charge in [0.1, 0.15) is 0 Å². The third kappa shape index (κ3) is 3.44. The molecule has 1 saturated carbocycles. The van der Waals surface area contributed by atoms with Crippen molar-refractivity contribution in [2.75, 3.05) is 19.8 Å². The topological polar surface area (TPSA) is 71.6 Å². The average molecular weight is 295 g/mol. The van der Waals surface area contributed by atoms with Crippen LogP contribution in [0.5, 0.6) is 0 Å². The van der Waals surface area contributed by atoms with Gasteiger partial charge in [-0.3, -0.25) is 4.90 Å². The maximum atomic E-state index is 9.36. The fourth-order valence-corrected chi connectivity index (χ4v) is 3.44. The third-order valence-electron chi connectivity index (χ3n) is 4.44. The van der Waals surface area contributed by atoms with Crippen LogP contribution in [0.15, 0.2) is 4.52 Å². The van der Waals surface area contributed by atoms with E-state index in [4.69, 9.17) is 9.26 Å². The van der Waals surface area contributed by atoms with Crippen molar-refractivity contribution in [2.24, 2.45) is 11.8 Å². The Morgan fingerprint density at radius 3 is 3.00 bits per heavy atom. The Hall–Kier alpha value is -0.980. The summed E-state index contributed by atoms with van der Waals surface area (Å²) in [6.45, 7) is 6.90. The number of fused-ring (bicyclic) bond motifs is 1. The quantitative estimate of drug-likeness (QED) is 0.881. The maximum Gasteiger partial charge on any atom is 0.226 e. The highest BCUT2D eigenvalue weighted by molar-refractivity contribution is 4.96. The normalized spacial score (nSPS) is 30.0. The minimum absolute atomic E-state index is 0.248. The molecular formula is C15H25N3O3. The van der Waals surface area contributed by atoms with Gasteiger partial charge in [0.2, 0.25) is 5.89 Å². The first-order valence-electron chi connectivity index (χ1n) is 7.93. The van der Waals surface area contributed by atoms with Crippen molar-refractivity contribution in [3.05, 3.63) is 11.7 Å². The fraction of sp³-hybridized carbons (Fsp3) is 0.867. The van der Waals surface area contributed by atoms with Crippen molar-refractivity contribution in [3.63, 3.8) is 0 Å². The van der Waals surface area contributed by atoms with E-state index >= 15 is 0 Å². The van der Waals surface area contributed by atoms with Crippen molar-refractivity contribution < 1.29 is 14.4 Å². The maximum absolute atomic E-state index is 9.36. The Morgan fingerprint density at radius 2 is 2.24 bits per heavy atom. The predicted molar refractivity (Wildman–Crippen MR) is 76.6 cm³/mol. The largest absolute Gasteiger partial charge is 0.396 e. The SMILES string of the molecule is CC(C)Cc1nc(CN2CCO[C@H]3C[C@H](CO)C[C@@H]32)no1. The van der Waals surface area contributed by atoms with Gasteiger partial charge in [-0.25, -0.2) is 0 Å². The minimum Gasteiger partial charge on any atom is -0.396 e. The van der Waals surface area contributed by atoms with Gasteiger partial charge in [0, 0.05) is 25.6 Å². The zero-order valence-corrected chi connectivity index (χ0v) is 12.9. The molecule has 2 fully saturated rings. The summed E-state index contributed by atoms with van der Waals surface area (Å²) < 4.78 is 11.2. The molecule has 0 amide bonds. The number of hydrogen-bond acceptors (Lipinski definition) is 6. The smallest absolute Gasteiger partial charge is 0.226 e. The van der Waals surface area contributed by atoms with E-state index < -0.39 is 0 Å². The Kier molecular flexibility index (Phi) is 4.57. The lowest BCUT2D eigenvalue weighted by Crippen LogP contribution is -2.48. The molecular weight excluding hydrogens is 270 g/mol. The van der Waals surface area contributed by atoms with Crippen molar-refractivity contribution in [1.29, 1.82) is 0 Å². The number of rotatable bonds is 5. The summed E-state index contributed by atoms with van der Waals surface area (Å²) >= 11 is 0. The highest BCUT2D eigenvalue weighted by Gasteiger charge is 2.41. The summed E-state index contributed by atoms with van der Waals surface area (Å²) in [5.74, 6) is 2.37. The van der Waals surface area contributed by atoms with E-state index in [2.05, 4.69) is 28.9 Å². The first kappa shape index (κ1) is 14.9. The molecule has 0 unspecified atom stereocenters. The first-order valence-corrected chi connectivity index (χ1v) is 7.93. The van der Waals surface area contributed by atoms with Gasteiger partial charge in [-0.15, -0.1) is 0 Å². The molecule has 0 spiro atoms. The molecule has 1 saturated heterocycles. The standard InChI is InChI=1S/C15H25N3O3/c1-10(2)5-15-16-14(17-21-15)8-18-3-4-20-13-7-11(9-19)6-12(13)18/h10-13,19H,3-9H2,1-2H3/t11-,12+,13+/m1/s1. The second-order valence-electron chi connectivity index (χ2n) is 6.67. The second-order valence-corrected chi connectivity index (χ2v) is 6.67. The van der Waals surface area contributed by atoms with Crippen LogP contribution in [-0.2, 0) is 17.7 Å². The van der Waals surface area contributed by atoms with Crippen molar-refractivity contribution in [1.82, 2.24) is 15.0 Å². The number of aliphatic hydroxyl groups excluding tert-OH is 1. The average Bonchev–Trinajstić information content (AvgIpc) is 3.05. The fourth-order valence-electron chi connectivity index (χ4n) is 3.44. The summed E-state index contributed by atoms with van der Waals surface area (Å²) in [5, 5.41) is 13.5. The molecule has 1 aromatic heterocycles. The monoisotopic (exact) mass is 295 g/mol. The van der Waals surface area contributed by atoms with Crippen molar-refractivity contribution in [2.45, 2.75) is 51.8 Å². The summed E-state index contributed by atoms with van der Waals surface area (Å²) in [7, 11) is 0. The van der Waals surface area contributed by atoms with Gasteiger partial charge < -0.3 is 14.4 Å². The number of aromatic nitrogens is 2. The zero-order chi connectivity index (χ0) is 14.8. The van der Waals surface area contributed by atoms with Crippen LogP contribution >= 0.6 is 0 Å². The summed E-state index contributed by atoms with van der Waals surface area (Å²) in [6.07, 6.45) is 3.03. The van der Waals surface area contributed by atoms with Crippen LogP contribution in [0.1, 0.15) is 38.4 Å². The molecule has 6 heteroatoms. The third-order valence-corrected chi connectivity index (χ3v) is 4.44. The van der Waals surface area contributed by atoms with Crippen LogP contribution in [0.2, 0.25) is 0 Å². The molecule has 1 aromatic rings. The molecule has 1 N–H and O–H groups in total. The second kappa shape index (κ2) is 6.42. The summed E-state index contributed by atoms with van der Waals surface area (Å²) in [5.41, 5.74) is 0. The van der Waals surface area contributed by atoms with Crippen LogP contribution in [0.3, 0.4) is 0 Å². The number of morpholine rings is 1. The first-order chi connectivity index (χ1) is 10.2. The van der Waals surface area contributed by atoms with Gasteiger partial charge in [0.15, 0.2) is 5.82 Å². The molecule has 0 radical (unpaired) electrons. The van der Waals surface area contributed by atoms with Crippen LogP contribution in [0.4, 0.5) is 0 Å². The molecule has 0 aromatic carbocycles. The van der Waals surface area contributed by atoms with Gasteiger partial charge >= 0.3 is 0 Å². The molecule has 1 aliphatic heterocycles. The van der Waals surface area contributed by atoms with E-state index in [0.29, 0.717) is 24.4 Å². The summed E-state index contributed by atoms with van der Waals surface area (Å²) in [6, 6.07) is 0.378. The number of aliphatic hydroxyl groups is 1. The lowest BCUT2D eigenvalue weighted by Gasteiger charge is -2.36. The molecule has 2 aliphatic rings. The lowest BCUT2D eigenvalue weighted by atomic mass is 10.1. The molecule has 6 nitrogen and oxygen atoms in total. The van der Waals surface area contributed by atoms with Crippen LogP contribution < -0.4 is 0 Å². The molecule has 1 aliphatic carbocycles. The minimum atomic E-state index is 0.248. The Labute approximate surface area is 125 Å². The van der Waals surface area contributed by atoms with Gasteiger partial charge in [-0.05, 0) is 24.7 Å². The van der Waals surface area contributed by atoms with E-state index in [1.807, 2.05) is 0 Å². The number of ether oxygens (including phenoxy) is 1. The van der Waals surface area contributed by atoms with Crippen molar-refractivity contribution >= 4 is 0 Å². The van der Waals surface area contributed by atoms with E-state index in [1.54, 1.807) is 0 Å².